The number of hydrogen-bond donors (Lipinski definition) is 1. The molecule has 0 spiro atoms. The molecule has 1 aliphatic rings. The highest BCUT2D eigenvalue weighted by molar-refractivity contribution is 7.84. The first-order valence-electron chi connectivity index (χ1n) is 6.45. The standard InChI is InChI=1S/C13H20N2O2S2/c1-4-11-13(16)15(9(2)8-19(3)17)12(14-11)10-5-6-18-7-10/h5-7,9,11-12,14H,4,8H2,1-3H3. The van der Waals surface area contributed by atoms with Crippen LogP contribution in [-0.4, -0.2) is 39.1 Å². The van der Waals surface area contributed by atoms with Gasteiger partial charge in [-0.25, -0.2) is 0 Å². The lowest BCUT2D eigenvalue weighted by atomic mass is 10.2. The Morgan fingerprint density at radius 2 is 2.32 bits per heavy atom. The smallest absolute Gasteiger partial charge is 0.241 e. The van der Waals surface area contributed by atoms with E-state index in [1.165, 1.54) is 0 Å². The zero-order valence-electron chi connectivity index (χ0n) is 11.5. The highest BCUT2D eigenvalue weighted by Crippen LogP contribution is 2.29. The van der Waals surface area contributed by atoms with Crippen molar-refractivity contribution in [2.45, 2.75) is 38.5 Å². The van der Waals surface area contributed by atoms with Crippen LogP contribution in [0.15, 0.2) is 16.8 Å². The van der Waals surface area contributed by atoms with Gasteiger partial charge in [-0.05, 0) is 35.7 Å². The van der Waals surface area contributed by atoms with E-state index >= 15 is 0 Å². The Morgan fingerprint density at radius 3 is 2.84 bits per heavy atom. The van der Waals surface area contributed by atoms with Gasteiger partial charge in [-0.3, -0.25) is 14.3 Å². The van der Waals surface area contributed by atoms with Crippen LogP contribution in [0.1, 0.15) is 32.0 Å². The first-order valence-corrected chi connectivity index (χ1v) is 9.12. The molecule has 0 bridgehead atoms. The summed E-state index contributed by atoms with van der Waals surface area (Å²) in [6, 6.07) is 1.89. The number of nitrogens with zero attached hydrogens (tertiary/aromatic N) is 1. The maximum absolute atomic E-state index is 12.4. The molecule has 1 aliphatic heterocycles. The van der Waals surface area contributed by atoms with Crippen molar-refractivity contribution < 1.29 is 9.00 Å². The van der Waals surface area contributed by atoms with Crippen molar-refractivity contribution in [2.75, 3.05) is 12.0 Å². The highest BCUT2D eigenvalue weighted by atomic mass is 32.2. The lowest BCUT2D eigenvalue weighted by Crippen LogP contribution is -2.41. The maximum Gasteiger partial charge on any atom is 0.241 e. The average molecular weight is 300 g/mol. The van der Waals surface area contributed by atoms with Crippen molar-refractivity contribution in [3.63, 3.8) is 0 Å². The Bertz CT molecular complexity index is 461. The van der Waals surface area contributed by atoms with Gasteiger partial charge in [0, 0.05) is 28.9 Å². The lowest BCUT2D eigenvalue weighted by Gasteiger charge is -2.29. The van der Waals surface area contributed by atoms with Gasteiger partial charge >= 0.3 is 0 Å². The number of carbonyl (C=O) groups is 1. The summed E-state index contributed by atoms with van der Waals surface area (Å²) in [4.78, 5) is 14.3. The zero-order chi connectivity index (χ0) is 14.0. The predicted octanol–water partition coefficient (Wildman–Crippen LogP) is 1.72. The first-order chi connectivity index (χ1) is 9.04. The van der Waals surface area contributed by atoms with E-state index in [4.69, 9.17) is 0 Å². The molecule has 2 rings (SSSR count). The Balaban J connectivity index is 2.24. The van der Waals surface area contributed by atoms with Gasteiger partial charge in [-0.1, -0.05) is 6.92 Å². The molecule has 1 aromatic rings. The molecular weight excluding hydrogens is 280 g/mol. The average Bonchev–Trinajstić information content (AvgIpc) is 2.94. The number of carbonyl (C=O) groups excluding carboxylic acids is 1. The van der Waals surface area contributed by atoms with Crippen LogP contribution in [0.2, 0.25) is 0 Å². The molecule has 4 atom stereocenters. The molecule has 0 radical (unpaired) electrons. The summed E-state index contributed by atoms with van der Waals surface area (Å²) in [6.45, 7) is 3.98. The fourth-order valence-electron chi connectivity index (χ4n) is 2.52. The third-order valence-corrected chi connectivity index (χ3v) is 5.06. The van der Waals surface area contributed by atoms with E-state index in [1.54, 1.807) is 17.6 Å². The van der Waals surface area contributed by atoms with E-state index in [-0.39, 0.29) is 24.2 Å². The molecule has 2 heterocycles. The van der Waals surface area contributed by atoms with Crippen LogP contribution in [0.4, 0.5) is 0 Å². The van der Waals surface area contributed by atoms with Crippen molar-refractivity contribution >= 4 is 28.0 Å². The second kappa shape index (κ2) is 6.15. The van der Waals surface area contributed by atoms with Gasteiger partial charge in [-0.15, -0.1) is 0 Å². The Morgan fingerprint density at radius 1 is 1.58 bits per heavy atom. The van der Waals surface area contributed by atoms with E-state index in [1.807, 2.05) is 30.2 Å². The fourth-order valence-corrected chi connectivity index (χ4v) is 4.04. The normalized spacial score (nSPS) is 26.7. The van der Waals surface area contributed by atoms with Crippen molar-refractivity contribution in [3.8, 4) is 0 Å². The second-order valence-corrected chi connectivity index (χ2v) is 7.18. The van der Waals surface area contributed by atoms with Crippen molar-refractivity contribution in [1.29, 1.82) is 0 Å². The third-order valence-electron chi connectivity index (χ3n) is 3.41. The molecule has 4 nitrogen and oxygen atoms in total. The highest BCUT2D eigenvalue weighted by Gasteiger charge is 2.41. The van der Waals surface area contributed by atoms with Crippen LogP contribution in [-0.2, 0) is 15.6 Å². The summed E-state index contributed by atoms with van der Waals surface area (Å²) in [7, 11) is -0.901. The maximum atomic E-state index is 12.4. The first kappa shape index (κ1) is 14.7. The minimum Gasteiger partial charge on any atom is -0.318 e. The van der Waals surface area contributed by atoms with E-state index < -0.39 is 10.8 Å². The summed E-state index contributed by atoms with van der Waals surface area (Å²) >= 11 is 1.63. The van der Waals surface area contributed by atoms with Crippen LogP contribution in [0, 0.1) is 0 Å². The van der Waals surface area contributed by atoms with Crippen LogP contribution in [0.5, 0.6) is 0 Å². The molecule has 19 heavy (non-hydrogen) atoms. The molecule has 1 fully saturated rings. The van der Waals surface area contributed by atoms with E-state index in [0.29, 0.717) is 5.75 Å². The fraction of sp³-hybridized carbons (Fsp3) is 0.615. The van der Waals surface area contributed by atoms with Gasteiger partial charge in [0.1, 0.15) is 6.17 Å². The van der Waals surface area contributed by atoms with Gasteiger partial charge in [0.15, 0.2) is 0 Å². The number of amides is 1. The molecule has 0 saturated carbocycles. The molecule has 1 aromatic heterocycles. The predicted molar refractivity (Wildman–Crippen MR) is 79.5 cm³/mol. The van der Waals surface area contributed by atoms with Crippen LogP contribution in [0.25, 0.3) is 0 Å². The third kappa shape index (κ3) is 3.07. The topological polar surface area (TPSA) is 49.4 Å². The summed E-state index contributed by atoms with van der Waals surface area (Å²) in [6.07, 6.45) is 2.38. The Labute approximate surface area is 120 Å². The van der Waals surface area contributed by atoms with Crippen LogP contribution in [0.3, 0.4) is 0 Å². The zero-order valence-corrected chi connectivity index (χ0v) is 13.1. The van der Waals surface area contributed by atoms with Gasteiger partial charge in [0.05, 0.1) is 6.04 Å². The quantitative estimate of drug-likeness (QED) is 0.901. The molecule has 0 aliphatic carbocycles. The van der Waals surface area contributed by atoms with Gasteiger partial charge < -0.3 is 4.90 Å². The molecule has 6 heteroatoms. The van der Waals surface area contributed by atoms with E-state index in [0.717, 1.165) is 12.0 Å². The van der Waals surface area contributed by atoms with E-state index in [9.17, 15) is 9.00 Å². The minimum absolute atomic E-state index is 0.0210. The molecule has 1 N–H and O–H groups in total. The molecule has 1 amide bonds. The SMILES string of the molecule is CCC1NC(c2ccsc2)N(C(C)CS(C)=O)C1=O. The number of nitrogens with one attached hydrogen (secondary N) is 1. The molecule has 4 unspecified atom stereocenters. The lowest BCUT2D eigenvalue weighted by molar-refractivity contribution is -0.131. The Kier molecular flexibility index (Phi) is 4.76. The molecular formula is C13H20N2O2S2. The van der Waals surface area contributed by atoms with Gasteiger partial charge in [0.25, 0.3) is 0 Å². The second-order valence-electron chi connectivity index (χ2n) is 4.92. The van der Waals surface area contributed by atoms with Crippen molar-refractivity contribution in [3.05, 3.63) is 22.4 Å². The molecule has 106 valence electrons. The number of rotatable bonds is 5. The summed E-state index contributed by atoms with van der Waals surface area (Å²) in [5.41, 5.74) is 1.11. The van der Waals surface area contributed by atoms with Crippen molar-refractivity contribution in [1.82, 2.24) is 10.2 Å². The van der Waals surface area contributed by atoms with E-state index in [2.05, 4.69) is 10.7 Å². The summed E-state index contributed by atoms with van der Waals surface area (Å²) in [5.74, 6) is 0.640. The monoisotopic (exact) mass is 300 g/mol. The van der Waals surface area contributed by atoms with Crippen LogP contribution < -0.4 is 5.32 Å². The largest absolute Gasteiger partial charge is 0.318 e. The van der Waals surface area contributed by atoms with Crippen molar-refractivity contribution in [2.24, 2.45) is 0 Å². The number of thiophene rings is 1. The van der Waals surface area contributed by atoms with Gasteiger partial charge in [0.2, 0.25) is 5.91 Å². The van der Waals surface area contributed by atoms with Crippen LogP contribution >= 0.6 is 11.3 Å². The van der Waals surface area contributed by atoms with Gasteiger partial charge in [-0.2, -0.15) is 11.3 Å². The summed E-state index contributed by atoms with van der Waals surface area (Å²) in [5, 5.41) is 7.46. The molecule has 1 saturated heterocycles. The minimum atomic E-state index is -0.901. The number of hydrogen-bond acceptors (Lipinski definition) is 4. The summed E-state index contributed by atoms with van der Waals surface area (Å²) < 4.78 is 11.4. The Hall–Kier alpha value is -0.720. The molecule has 0 aromatic carbocycles.